The summed E-state index contributed by atoms with van der Waals surface area (Å²) in [6.45, 7) is 11.3. The number of amides is 2. The van der Waals surface area contributed by atoms with E-state index in [1.165, 1.54) is 12.0 Å². The molecule has 1 aliphatic heterocycles. The Morgan fingerprint density at radius 2 is 1.74 bits per heavy atom. The van der Waals surface area contributed by atoms with E-state index < -0.39 is 13.2 Å². The van der Waals surface area contributed by atoms with E-state index in [9.17, 15) is 9.59 Å². The van der Waals surface area contributed by atoms with Crippen molar-refractivity contribution >= 4 is 18.9 Å². The lowest BCUT2D eigenvalue weighted by atomic mass is 9.43. The number of fused-ring (bicyclic) bond motifs is 1. The summed E-state index contributed by atoms with van der Waals surface area (Å²) in [6.07, 6.45) is 6.16. The minimum Gasteiger partial charge on any atom is -0.404 e. The normalized spacial score (nSPS) is 30.5. The highest BCUT2D eigenvalue weighted by molar-refractivity contribution is 6.48. The summed E-state index contributed by atoms with van der Waals surface area (Å²) < 4.78 is 13.4. The zero-order chi connectivity index (χ0) is 29.6. The summed E-state index contributed by atoms with van der Waals surface area (Å²) >= 11 is 0. The molecular weight excluding hydrogens is 523 g/mol. The second kappa shape index (κ2) is 11.5. The van der Waals surface area contributed by atoms with Gasteiger partial charge in [0.1, 0.15) is 6.04 Å². The molecule has 6 nitrogen and oxygen atoms in total. The number of benzene rings is 2. The highest BCUT2D eigenvalue weighted by Gasteiger charge is 2.68. The quantitative estimate of drug-likeness (QED) is 0.383. The molecule has 2 N–H and O–H groups in total. The van der Waals surface area contributed by atoms with Gasteiger partial charge < -0.3 is 19.9 Å². The van der Waals surface area contributed by atoms with Crippen LogP contribution in [0.25, 0.3) is 0 Å². The van der Waals surface area contributed by atoms with Crippen LogP contribution < -0.4 is 10.6 Å². The van der Waals surface area contributed by atoms with Gasteiger partial charge in [0, 0.05) is 6.42 Å². The van der Waals surface area contributed by atoms with E-state index in [1.807, 2.05) is 42.5 Å². The monoisotopic (exact) mass is 570 g/mol. The maximum atomic E-state index is 14.1. The van der Waals surface area contributed by atoms with Crippen LogP contribution in [0.1, 0.15) is 89.3 Å². The second-order valence-corrected chi connectivity index (χ2v) is 14.5. The Bertz CT molecular complexity index is 1300. The Morgan fingerprint density at radius 1 is 1.00 bits per heavy atom. The van der Waals surface area contributed by atoms with Crippen LogP contribution in [0, 0.1) is 23.2 Å². The average molecular weight is 571 g/mol. The fourth-order valence-electron chi connectivity index (χ4n) is 8.46. The molecule has 1 saturated heterocycles. The van der Waals surface area contributed by atoms with Gasteiger partial charge in [0.25, 0.3) is 0 Å². The molecule has 4 fully saturated rings. The fourth-order valence-corrected chi connectivity index (χ4v) is 8.46. The molecule has 2 aromatic carbocycles. The summed E-state index contributed by atoms with van der Waals surface area (Å²) in [6, 6.07) is 17.4. The first-order chi connectivity index (χ1) is 20.1. The predicted molar refractivity (Wildman–Crippen MR) is 166 cm³/mol. The second-order valence-electron chi connectivity index (χ2n) is 14.5. The maximum absolute atomic E-state index is 14.1. The fraction of sp³-hybridized carbons (Fsp3) is 0.600. The first-order valence-corrected chi connectivity index (χ1v) is 16.1. The summed E-state index contributed by atoms with van der Waals surface area (Å²) in [5.74, 6) is 0.655. The van der Waals surface area contributed by atoms with Gasteiger partial charge in [-0.3, -0.25) is 9.59 Å². The van der Waals surface area contributed by atoms with Gasteiger partial charge in [-0.1, -0.05) is 82.3 Å². The van der Waals surface area contributed by atoms with E-state index in [0.29, 0.717) is 24.2 Å². The molecule has 4 aliphatic carbocycles. The molecule has 2 bridgehead atoms. The van der Waals surface area contributed by atoms with E-state index in [0.717, 1.165) is 43.2 Å². The van der Waals surface area contributed by atoms with Gasteiger partial charge in [0.05, 0.1) is 23.6 Å². The van der Waals surface area contributed by atoms with Crippen molar-refractivity contribution in [1.82, 2.24) is 10.6 Å². The molecule has 3 saturated carbocycles. The number of nitrogens with one attached hydrogen (secondary N) is 2. The third-order valence-corrected chi connectivity index (χ3v) is 11.0. The van der Waals surface area contributed by atoms with Crippen LogP contribution in [0.2, 0.25) is 0 Å². The van der Waals surface area contributed by atoms with Crippen LogP contribution in [-0.2, 0) is 31.7 Å². The number of carbonyl (C=O) groups is 2. The van der Waals surface area contributed by atoms with Gasteiger partial charge in [-0.15, -0.1) is 0 Å². The minimum absolute atomic E-state index is 0.0528. The molecule has 42 heavy (non-hydrogen) atoms. The highest BCUT2D eigenvalue weighted by Crippen LogP contribution is 2.65. The Morgan fingerprint density at radius 3 is 2.48 bits per heavy atom. The Labute approximate surface area is 251 Å². The average Bonchev–Trinajstić information content (AvgIpc) is 3.33. The van der Waals surface area contributed by atoms with Crippen molar-refractivity contribution in [2.45, 2.75) is 109 Å². The largest absolute Gasteiger partial charge is 0.481 e. The molecule has 0 unspecified atom stereocenters. The van der Waals surface area contributed by atoms with Crippen LogP contribution in [0.15, 0.2) is 54.6 Å². The molecule has 1 heterocycles. The van der Waals surface area contributed by atoms with Crippen molar-refractivity contribution in [1.29, 1.82) is 0 Å². The summed E-state index contributed by atoms with van der Waals surface area (Å²) in [5.41, 5.74) is 3.24. The third-order valence-electron chi connectivity index (χ3n) is 11.0. The van der Waals surface area contributed by atoms with Crippen LogP contribution in [0.5, 0.6) is 0 Å². The number of rotatable bonds is 9. The van der Waals surface area contributed by atoms with Crippen molar-refractivity contribution in [3.8, 4) is 0 Å². The minimum atomic E-state index is -0.699. The lowest BCUT2D eigenvalue weighted by Gasteiger charge is -2.64. The number of hydrogen-bond donors (Lipinski definition) is 2. The molecule has 0 spiro atoms. The molecule has 0 radical (unpaired) electrons. The summed E-state index contributed by atoms with van der Waals surface area (Å²) in [7, 11) is -0.500. The molecule has 7 atom stereocenters. The van der Waals surface area contributed by atoms with E-state index in [-0.39, 0.29) is 40.8 Å². The topological polar surface area (TPSA) is 76.7 Å². The number of hydrogen-bond acceptors (Lipinski definition) is 4. The van der Waals surface area contributed by atoms with Gasteiger partial charge in [-0.2, -0.15) is 0 Å². The highest BCUT2D eigenvalue weighted by atomic mass is 16.7. The number of carbonyl (C=O) groups excluding carboxylic acids is 2. The SMILES string of the molecule is CC(C)C[C@@H](NC(=O)[C@H](Cc1ccccc1)NC(=O)[C@H]1CCCc2ccccc21)B1O[C@H]2C[C@H]3C[C@H](C3(C)C)[C@@]2(C)O1. The maximum Gasteiger partial charge on any atom is 0.481 e. The molecule has 2 amide bonds. The molecule has 5 aliphatic rings. The van der Waals surface area contributed by atoms with Gasteiger partial charge in [-0.05, 0) is 85.3 Å². The van der Waals surface area contributed by atoms with Crippen molar-refractivity contribution in [2.75, 3.05) is 0 Å². The smallest absolute Gasteiger partial charge is 0.404 e. The third kappa shape index (κ3) is 5.43. The van der Waals surface area contributed by atoms with Crippen LogP contribution in [0.4, 0.5) is 0 Å². The Balaban J connectivity index is 1.21. The van der Waals surface area contributed by atoms with Gasteiger partial charge >= 0.3 is 7.12 Å². The van der Waals surface area contributed by atoms with E-state index >= 15 is 0 Å². The van der Waals surface area contributed by atoms with Crippen molar-refractivity contribution in [2.24, 2.45) is 23.2 Å². The van der Waals surface area contributed by atoms with E-state index in [1.54, 1.807) is 0 Å². The summed E-state index contributed by atoms with van der Waals surface area (Å²) in [4.78, 5) is 27.9. The molecular formula is C35H47BN2O4. The zero-order valence-corrected chi connectivity index (χ0v) is 25.9. The van der Waals surface area contributed by atoms with Gasteiger partial charge in [-0.25, -0.2) is 0 Å². The molecule has 224 valence electrons. The lowest BCUT2D eigenvalue weighted by Crippen LogP contribution is -2.65. The van der Waals surface area contributed by atoms with Gasteiger partial charge in [0.15, 0.2) is 0 Å². The van der Waals surface area contributed by atoms with Crippen molar-refractivity contribution in [3.63, 3.8) is 0 Å². The zero-order valence-electron chi connectivity index (χ0n) is 25.9. The molecule has 7 heteroatoms. The van der Waals surface area contributed by atoms with Crippen molar-refractivity contribution in [3.05, 3.63) is 71.3 Å². The van der Waals surface area contributed by atoms with Crippen molar-refractivity contribution < 1.29 is 18.9 Å². The molecule has 2 aromatic rings. The van der Waals surface area contributed by atoms with Crippen LogP contribution in [0.3, 0.4) is 0 Å². The predicted octanol–water partition coefficient (Wildman–Crippen LogP) is 5.63. The van der Waals surface area contributed by atoms with Crippen LogP contribution in [-0.4, -0.2) is 42.6 Å². The van der Waals surface area contributed by atoms with E-state index in [4.69, 9.17) is 9.31 Å². The molecule has 0 aromatic heterocycles. The van der Waals surface area contributed by atoms with Gasteiger partial charge in [0.2, 0.25) is 11.8 Å². The first kappa shape index (κ1) is 29.4. The van der Waals surface area contributed by atoms with Crippen LogP contribution >= 0.6 is 0 Å². The standard InChI is InChI=1S/C35H47BN2O4/c1-22(2)18-31(36-41-30-21-25-20-29(34(25,3)4)35(30,5)42-36)38-33(40)28(19-23-12-7-6-8-13-23)37-32(39)27-17-11-15-24-14-9-10-16-26(24)27/h6-10,12-14,16,22,25,27-31H,11,15,17-21H2,1-5H3,(H,37,39)(H,38,40)/t25-,27+,28+,29-,30+,31-,35-/m1/s1. The first-order valence-electron chi connectivity index (χ1n) is 16.1. The lowest BCUT2D eigenvalue weighted by molar-refractivity contribution is -0.199. The Hall–Kier alpha value is -2.64. The van der Waals surface area contributed by atoms with E-state index in [2.05, 4.69) is 57.4 Å². The number of aryl methyl sites for hydroxylation is 1. The Kier molecular flexibility index (Phi) is 8.03. The molecule has 7 rings (SSSR count). The summed E-state index contributed by atoms with van der Waals surface area (Å²) in [5, 5.41) is 6.48.